The first-order valence-electron chi connectivity index (χ1n) is 8.41. The van der Waals surface area contributed by atoms with E-state index in [1.807, 2.05) is 0 Å². The molecule has 0 nitrogen and oxygen atoms in total. The van der Waals surface area contributed by atoms with Gasteiger partial charge in [-0.25, -0.2) is 0 Å². The Morgan fingerprint density at radius 3 is 1.64 bits per heavy atom. The van der Waals surface area contributed by atoms with Crippen molar-refractivity contribution in [1.29, 1.82) is 0 Å². The summed E-state index contributed by atoms with van der Waals surface area (Å²) in [4.78, 5) is 0. The predicted molar refractivity (Wildman–Crippen MR) is 117 cm³/mol. The highest BCUT2D eigenvalue weighted by Gasteiger charge is 2.13. The maximum atomic E-state index is 2.49. The minimum absolute atomic E-state index is 1.28. The highest BCUT2D eigenvalue weighted by Crippen LogP contribution is 2.40. The van der Waals surface area contributed by atoms with Gasteiger partial charge in [-0.2, -0.15) is 0 Å². The zero-order valence-corrected chi connectivity index (χ0v) is 15.7. The molecule has 0 radical (unpaired) electrons. The highest BCUT2D eigenvalue weighted by molar-refractivity contribution is 14.1. The zero-order valence-electron chi connectivity index (χ0n) is 13.5. The van der Waals surface area contributed by atoms with Gasteiger partial charge < -0.3 is 0 Å². The molecule has 5 aromatic rings. The summed E-state index contributed by atoms with van der Waals surface area (Å²) in [5.74, 6) is 0. The van der Waals surface area contributed by atoms with Crippen molar-refractivity contribution in [2.75, 3.05) is 0 Å². The van der Waals surface area contributed by atoms with E-state index in [0.717, 1.165) is 0 Å². The van der Waals surface area contributed by atoms with Crippen molar-refractivity contribution in [3.63, 3.8) is 0 Å². The number of rotatable bonds is 1. The summed E-state index contributed by atoms with van der Waals surface area (Å²) < 4.78 is 1.33. The molecule has 0 aliphatic rings. The van der Waals surface area contributed by atoms with Crippen LogP contribution in [0.15, 0.2) is 91.0 Å². The molecule has 0 aliphatic carbocycles. The van der Waals surface area contributed by atoms with Crippen LogP contribution in [0.1, 0.15) is 0 Å². The van der Waals surface area contributed by atoms with Crippen molar-refractivity contribution in [3.05, 3.63) is 94.6 Å². The zero-order chi connectivity index (χ0) is 16.8. The molecule has 25 heavy (non-hydrogen) atoms. The van der Waals surface area contributed by atoms with Gasteiger partial charge in [-0.05, 0) is 72.1 Å². The maximum Gasteiger partial charge on any atom is 0.0287 e. The van der Waals surface area contributed by atoms with Crippen LogP contribution in [-0.2, 0) is 0 Å². The molecule has 0 saturated heterocycles. The first-order valence-corrected chi connectivity index (χ1v) is 9.49. The Hall–Kier alpha value is -2.39. The van der Waals surface area contributed by atoms with Crippen LogP contribution in [0.5, 0.6) is 0 Å². The predicted octanol–water partition coefficient (Wildman–Crippen LogP) is 7.42. The van der Waals surface area contributed by atoms with Gasteiger partial charge in [-0.1, -0.05) is 84.9 Å². The van der Waals surface area contributed by atoms with Crippen LogP contribution in [-0.4, -0.2) is 0 Å². The van der Waals surface area contributed by atoms with Gasteiger partial charge in [-0.15, -0.1) is 0 Å². The van der Waals surface area contributed by atoms with E-state index in [1.165, 1.54) is 47.0 Å². The number of halogens is 1. The van der Waals surface area contributed by atoms with Crippen LogP contribution in [0.4, 0.5) is 0 Å². The normalized spacial score (nSPS) is 11.4. The van der Waals surface area contributed by atoms with Crippen LogP contribution < -0.4 is 0 Å². The van der Waals surface area contributed by atoms with E-state index < -0.39 is 0 Å². The average molecular weight is 430 g/mol. The van der Waals surface area contributed by atoms with Gasteiger partial charge in [0.25, 0.3) is 0 Å². The lowest BCUT2D eigenvalue weighted by Crippen LogP contribution is -1.89. The quantitative estimate of drug-likeness (QED) is 0.192. The first kappa shape index (κ1) is 14.9. The van der Waals surface area contributed by atoms with Crippen LogP contribution in [0.2, 0.25) is 0 Å². The molecule has 5 aromatic carbocycles. The fourth-order valence-corrected chi connectivity index (χ4v) is 4.67. The molecule has 0 aliphatic heterocycles. The molecule has 0 bridgehead atoms. The summed E-state index contributed by atoms with van der Waals surface area (Å²) in [6, 6.07) is 32.8. The topological polar surface area (TPSA) is 0 Å². The first-order chi connectivity index (χ1) is 12.3. The lowest BCUT2D eigenvalue weighted by molar-refractivity contribution is 1.69. The Kier molecular flexibility index (Phi) is 3.49. The summed E-state index contributed by atoms with van der Waals surface area (Å²) in [5.41, 5.74) is 2.61. The largest absolute Gasteiger partial charge is 0.0616 e. The fraction of sp³-hybridized carbons (Fsp3) is 0. The van der Waals surface area contributed by atoms with E-state index in [2.05, 4.69) is 114 Å². The number of hydrogen-bond acceptors (Lipinski definition) is 0. The Bertz CT molecular complexity index is 1190. The Morgan fingerprint density at radius 2 is 1.00 bits per heavy atom. The second kappa shape index (κ2) is 5.85. The van der Waals surface area contributed by atoms with E-state index in [-0.39, 0.29) is 0 Å². The molecule has 0 atom stereocenters. The van der Waals surface area contributed by atoms with Gasteiger partial charge >= 0.3 is 0 Å². The van der Waals surface area contributed by atoms with Gasteiger partial charge in [0.05, 0.1) is 0 Å². The van der Waals surface area contributed by atoms with Gasteiger partial charge in [0.2, 0.25) is 0 Å². The lowest BCUT2D eigenvalue weighted by atomic mass is 9.91. The van der Waals surface area contributed by atoms with E-state index in [9.17, 15) is 0 Å². The van der Waals surface area contributed by atoms with E-state index in [4.69, 9.17) is 0 Å². The second-order valence-corrected chi connectivity index (χ2v) is 7.42. The van der Waals surface area contributed by atoms with E-state index in [0.29, 0.717) is 0 Å². The monoisotopic (exact) mass is 430 g/mol. The standard InChI is InChI=1S/C24H15I/c25-24-21-11-5-3-9-19(21)23(20-10-4-6-12-22(20)24)18-14-13-16-7-1-2-8-17(16)15-18/h1-15H. The number of hydrogen-bond donors (Lipinski definition) is 0. The SMILES string of the molecule is Ic1c2ccccc2c(-c2ccc3ccccc3c2)c2ccccc12. The molecular formula is C24H15I. The van der Waals surface area contributed by atoms with Gasteiger partial charge in [0, 0.05) is 3.57 Å². The molecule has 0 unspecified atom stereocenters. The summed E-state index contributed by atoms with van der Waals surface area (Å²) >= 11 is 2.49. The van der Waals surface area contributed by atoms with Gasteiger partial charge in [0.15, 0.2) is 0 Å². The summed E-state index contributed by atoms with van der Waals surface area (Å²) in [5, 5.41) is 7.86. The summed E-state index contributed by atoms with van der Waals surface area (Å²) in [6.45, 7) is 0. The molecule has 0 aromatic heterocycles. The number of fused-ring (bicyclic) bond motifs is 3. The molecular weight excluding hydrogens is 415 g/mol. The third-order valence-corrected chi connectivity index (χ3v) is 6.07. The highest BCUT2D eigenvalue weighted by atomic mass is 127. The molecule has 1 heteroatoms. The van der Waals surface area contributed by atoms with Crippen molar-refractivity contribution < 1.29 is 0 Å². The molecule has 118 valence electrons. The van der Waals surface area contributed by atoms with Crippen molar-refractivity contribution in [3.8, 4) is 11.1 Å². The minimum atomic E-state index is 1.28. The van der Waals surface area contributed by atoms with Crippen molar-refractivity contribution >= 4 is 54.9 Å². The maximum absolute atomic E-state index is 2.49. The Morgan fingerprint density at radius 1 is 0.480 bits per heavy atom. The van der Waals surface area contributed by atoms with Crippen molar-refractivity contribution in [2.24, 2.45) is 0 Å². The molecule has 0 saturated carbocycles. The molecule has 0 fully saturated rings. The van der Waals surface area contributed by atoms with Gasteiger partial charge in [0.1, 0.15) is 0 Å². The molecule has 0 amide bonds. The summed E-state index contributed by atoms with van der Waals surface area (Å²) in [6.07, 6.45) is 0. The fourth-order valence-electron chi connectivity index (χ4n) is 3.73. The molecule has 0 N–H and O–H groups in total. The molecule has 5 rings (SSSR count). The minimum Gasteiger partial charge on any atom is -0.0616 e. The smallest absolute Gasteiger partial charge is 0.0287 e. The summed E-state index contributed by atoms with van der Waals surface area (Å²) in [7, 11) is 0. The Balaban J connectivity index is 1.97. The molecule has 0 spiro atoms. The third kappa shape index (κ3) is 2.34. The third-order valence-electron chi connectivity index (χ3n) is 4.90. The van der Waals surface area contributed by atoms with Crippen molar-refractivity contribution in [2.45, 2.75) is 0 Å². The van der Waals surface area contributed by atoms with Crippen LogP contribution >= 0.6 is 22.6 Å². The second-order valence-electron chi connectivity index (χ2n) is 6.34. The lowest BCUT2D eigenvalue weighted by Gasteiger charge is -2.15. The van der Waals surface area contributed by atoms with E-state index >= 15 is 0 Å². The van der Waals surface area contributed by atoms with Crippen molar-refractivity contribution in [1.82, 2.24) is 0 Å². The van der Waals surface area contributed by atoms with Crippen LogP contribution in [0.25, 0.3) is 43.4 Å². The van der Waals surface area contributed by atoms with Crippen LogP contribution in [0, 0.1) is 3.57 Å². The molecule has 0 heterocycles. The van der Waals surface area contributed by atoms with E-state index in [1.54, 1.807) is 0 Å². The van der Waals surface area contributed by atoms with Gasteiger partial charge in [-0.3, -0.25) is 0 Å². The Labute approximate surface area is 160 Å². The average Bonchev–Trinajstić information content (AvgIpc) is 2.68. The van der Waals surface area contributed by atoms with Crippen LogP contribution in [0.3, 0.4) is 0 Å². The number of benzene rings is 5.